The van der Waals surface area contributed by atoms with Gasteiger partial charge in [0.25, 0.3) is 0 Å². The highest BCUT2D eigenvalue weighted by molar-refractivity contribution is 4.80. The van der Waals surface area contributed by atoms with E-state index in [2.05, 4.69) is 6.92 Å². The van der Waals surface area contributed by atoms with Crippen LogP contribution in [0.15, 0.2) is 0 Å². The van der Waals surface area contributed by atoms with Crippen LogP contribution in [0, 0.1) is 17.8 Å². The predicted molar refractivity (Wildman–Crippen MR) is 48.5 cm³/mol. The minimum Gasteiger partial charge on any atom is -0.0622 e. The van der Waals surface area contributed by atoms with Crippen LogP contribution in [0.2, 0.25) is 0 Å². The molecule has 0 aromatic rings. The normalized spacial score (nSPS) is 45.0. The molecule has 0 radical (unpaired) electrons. The average molecular weight is 152 g/mol. The molecule has 0 saturated heterocycles. The largest absolute Gasteiger partial charge is 0.0622 e. The summed E-state index contributed by atoms with van der Waals surface area (Å²) >= 11 is 0. The second kappa shape index (κ2) is 3.16. The maximum Gasteiger partial charge on any atom is -0.0386 e. The van der Waals surface area contributed by atoms with E-state index < -0.39 is 0 Å². The van der Waals surface area contributed by atoms with Gasteiger partial charge in [0.05, 0.1) is 0 Å². The van der Waals surface area contributed by atoms with E-state index >= 15 is 0 Å². The Kier molecular flexibility index (Phi) is 2.20. The quantitative estimate of drug-likeness (QED) is 0.497. The van der Waals surface area contributed by atoms with Crippen molar-refractivity contribution in [3.05, 3.63) is 0 Å². The molecule has 0 heteroatoms. The highest BCUT2D eigenvalue weighted by Gasteiger charge is 2.28. The summed E-state index contributed by atoms with van der Waals surface area (Å²) in [5.74, 6) is 3.28. The lowest BCUT2D eigenvalue weighted by Gasteiger charge is -2.31. The molecule has 0 N–H and O–H groups in total. The third-order valence-corrected chi connectivity index (χ3v) is 3.91. The Morgan fingerprint density at radius 1 is 0.909 bits per heavy atom. The lowest BCUT2D eigenvalue weighted by molar-refractivity contribution is 0.196. The minimum atomic E-state index is 1.05. The number of rotatable bonds is 0. The maximum absolute atomic E-state index is 2.46. The summed E-state index contributed by atoms with van der Waals surface area (Å²) in [6.07, 6.45) is 10.8. The van der Waals surface area contributed by atoms with E-state index in [4.69, 9.17) is 0 Å². The zero-order chi connectivity index (χ0) is 7.68. The molecule has 0 aromatic carbocycles. The fourth-order valence-electron chi connectivity index (χ4n) is 3.02. The van der Waals surface area contributed by atoms with Gasteiger partial charge in [-0.1, -0.05) is 45.4 Å². The highest BCUT2D eigenvalue weighted by atomic mass is 14.3. The highest BCUT2D eigenvalue weighted by Crippen LogP contribution is 2.41. The second-order valence-electron chi connectivity index (χ2n) is 4.70. The summed E-state index contributed by atoms with van der Waals surface area (Å²) in [5.41, 5.74) is 0. The monoisotopic (exact) mass is 152 g/mol. The first-order chi connectivity index (χ1) is 5.36. The zero-order valence-electron chi connectivity index (χ0n) is 7.68. The molecule has 2 rings (SSSR count). The first-order valence-corrected chi connectivity index (χ1v) is 5.36. The van der Waals surface area contributed by atoms with Gasteiger partial charge in [0.15, 0.2) is 0 Å². The molecule has 2 aliphatic rings. The van der Waals surface area contributed by atoms with Crippen molar-refractivity contribution in [1.29, 1.82) is 0 Å². The SMILES string of the molecule is CC1CCC2CCCCC1C2. The molecule has 3 unspecified atom stereocenters. The van der Waals surface area contributed by atoms with E-state index in [1.807, 2.05) is 0 Å². The summed E-state index contributed by atoms with van der Waals surface area (Å²) < 4.78 is 0. The fourth-order valence-corrected chi connectivity index (χ4v) is 3.02. The van der Waals surface area contributed by atoms with Crippen molar-refractivity contribution in [2.24, 2.45) is 17.8 Å². The first kappa shape index (κ1) is 7.64. The standard InChI is InChI=1S/C11H20/c1-9-6-7-10-4-2-3-5-11(9)8-10/h9-11H,2-8H2,1H3. The number of hydrogen-bond acceptors (Lipinski definition) is 0. The van der Waals surface area contributed by atoms with Crippen LogP contribution in [0.5, 0.6) is 0 Å². The van der Waals surface area contributed by atoms with Crippen LogP contribution in [-0.4, -0.2) is 0 Å². The molecule has 0 spiro atoms. The van der Waals surface area contributed by atoms with Crippen molar-refractivity contribution in [2.75, 3.05) is 0 Å². The Labute approximate surface area is 70.4 Å². The minimum absolute atomic E-state index is 1.05. The molecule has 0 aromatic heterocycles. The third kappa shape index (κ3) is 1.60. The molecule has 64 valence electrons. The molecule has 2 aliphatic carbocycles. The van der Waals surface area contributed by atoms with Crippen molar-refractivity contribution >= 4 is 0 Å². The Morgan fingerprint density at radius 2 is 1.73 bits per heavy atom. The Morgan fingerprint density at radius 3 is 2.64 bits per heavy atom. The van der Waals surface area contributed by atoms with Gasteiger partial charge in [-0.05, 0) is 24.2 Å². The number of hydrogen-bond donors (Lipinski definition) is 0. The Hall–Kier alpha value is 0. The van der Waals surface area contributed by atoms with Crippen LogP contribution in [0.25, 0.3) is 0 Å². The predicted octanol–water partition coefficient (Wildman–Crippen LogP) is 3.61. The molecule has 2 saturated carbocycles. The molecule has 0 nitrogen and oxygen atoms in total. The smallest absolute Gasteiger partial charge is 0.0386 e. The molecule has 0 heterocycles. The Bertz CT molecular complexity index is 128. The van der Waals surface area contributed by atoms with E-state index in [1.54, 1.807) is 12.8 Å². The van der Waals surface area contributed by atoms with E-state index in [1.165, 1.54) is 32.1 Å². The Balaban J connectivity index is 2.00. The molecular weight excluding hydrogens is 132 g/mol. The van der Waals surface area contributed by atoms with Crippen LogP contribution in [-0.2, 0) is 0 Å². The van der Waals surface area contributed by atoms with E-state index in [0.29, 0.717) is 0 Å². The zero-order valence-corrected chi connectivity index (χ0v) is 7.68. The van der Waals surface area contributed by atoms with E-state index in [-0.39, 0.29) is 0 Å². The summed E-state index contributed by atoms with van der Waals surface area (Å²) in [7, 11) is 0. The van der Waals surface area contributed by atoms with Gasteiger partial charge < -0.3 is 0 Å². The van der Waals surface area contributed by atoms with Gasteiger partial charge in [-0.2, -0.15) is 0 Å². The average Bonchev–Trinajstić information content (AvgIpc) is 2.21. The van der Waals surface area contributed by atoms with Crippen LogP contribution >= 0.6 is 0 Å². The summed E-state index contributed by atoms with van der Waals surface area (Å²) in [6, 6.07) is 0. The van der Waals surface area contributed by atoms with E-state index in [9.17, 15) is 0 Å². The fraction of sp³-hybridized carbons (Fsp3) is 1.00. The van der Waals surface area contributed by atoms with E-state index in [0.717, 1.165) is 17.8 Å². The van der Waals surface area contributed by atoms with Crippen LogP contribution < -0.4 is 0 Å². The number of fused-ring (bicyclic) bond motifs is 2. The molecular formula is C11H20. The van der Waals surface area contributed by atoms with Crippen LogP contribution in [0.4, 0.5) is 0 Å². The van der Waals surface area contributed by atoms with Gasteiger partial charge in [0, 0.05) is 0 Å². The van der Waals surface area contributed by atoms with Crippen molar-refractivity contribution in [3.8, 4) is 0 Å². The van der Waals surface area contributed by atoms with Crippen molar-refractivity contribution in [2.45, 2.75) is 51.9 Å². The molecule has 2 fully saturated rings. The van der Waals surface area contributed by atoms with Gasteiger partial charge >= 0.3 is 0 Å². The summed E-state index contributed by atoms with van der Waals surface area (Å²) in [4.78, 5) is 0. The van der Waals surface area contributed by atoms with Crippen LogP contribution in [0.3, 0.4) is 0 Å². The van der Waals surface area contributed by atoms with Crippen LogP contribution in [0.1, 0.15) is 51.9 Å². The molecule has 0 amide bonds. The summed E-state index contributed by atoms with van der Waals surface area (Å²) in [5, 5.41) is 0. The molecule has 3 atom stereocenters. The van der Waals surface area contributed by atoms with Crippen molar-refractivity contribution < 1.29 is 0 Å². The lowest BCUT2D eigenvalue weighted by Crippen LogP contribution is -2.20. The molecule has 11 heavy (non-hydrogen) atoms. The maximum atomic E-state index is 2.46. The molecule has 0 aliphatic heterocycles. The van der Waals surface area contributed by atoms with Crippen molar-refractivity contribution in [1.82, 2.24) is 0 Å². The van der Waals surface area contributed by atoms with Gasteiger partial charge in [-0.3, -0.25) is 0 Å². The van der Waals surface area contributed by atoms with Gasteiger partial charge in [0.1, 0.15) is 0 Å². The molecule has 2 bridgehead atoms. The topological polar surface area (TPSA) is 0 Å². The van der Waals surface area contributed by atoms with Gasteiger partial charge in [-0.15, -0.1) is 0 Å². The van der Waals surface area contributed by atoms with Gasteiger partial charge in [0.2, 0.25) is 0 Å². The third-order valence-electron chi connectivity index (χ3n) is 3.91. The van der Waals surface area contributed by atoms with Gasteiger partial charge in [-0.25, -0.2) is 0 Å². The summed E-state index contributed by atoms with van der Waals surface area (Å²) in [6.45, 7) is 2.46. The van der Waals surface area contributed by atoms with Crippen molar-refractivity contribution in [3.63, 3.8) is 0 Å². The second-order valence-corrected chi connectivity index (χ2v) is 4.70. The lowest BCUT2D eigenvalue weighted by atomic mass is 9.74. The first-order valence-electron chi connectivity index (χ1n) is 5.36.